The average molecular weight is 479 g/mol. The monoisotopic (exact) mass is 479 g/mol. The number of hydrogen-bond donors (Lipinski definition) is 2. The fourth-order valence-corrected chi connectivity index (χ4v) is 2.71. The lowest BCUT2D eigenvalue weighted by Crippen LogP contribution is -2.37. The smallest absolute Gasteiger partial charge is 0.191 e. The molecule has 7 nitrogen and oxygen atoms in total. The SMILES string of the molecule is CN=C(NCCCn1cccn1)NCc1cccc(Cn2cccn2)c1.I. The summed E-state index contributed by atoms with van der Waals surface area (Å²) in [4.78, 5) is 4.28. The number of aliphatic imine (C=N–C) groups is 1. The third kappa shape index (κ3) is 7.05. The molecule has 0 aliphatic rings. The molecule has 3 rings (SSSR count). The Balaban J connectivity index is 0.00000261. The minimum Gasteiger partial charge on any atom is -0.356 e. The Morgan fingerprint density at radius 1 is 1.00 bits per heavy atom. The van der Waals surface area contributed by atoms with Gasteiger partial charge in [-0.05, 0) is 29.7 Å². The van der Waals surface area contributed by atoms with Gasteiger partial charge in [0, 0.05) is 51.5 Å². The fourth-order valence-electron chi connectivity index (χ4n) is 2.71. The number of aromatic nitrogens is 4. The Morgan fingerprint density at radius 2 is 1.74 bits per heavy atom. The average Bonchev–Trinajstić information content (AvgIpc) is 3.35. The topological polar surface area (TPSA) is 72.1 Å². The molecular formula is C19H26IN7. The van der Waals surface area contributed by atoms with Gasteiger partial charge < -0.3 is 10.6 Å². The number of benzene rings is 1. The molecule has 8 heteroatoms. The second-order valence-electron chi connectivity index (χ2n) is 6.00. The normalized spacial score (nSPS) is 11.1. The summed E-state index contributed by atoms with van der Waals surface area (Å²) in [5, 5.41) is 15.2. The van der Waals surface area contributed by atoms with Gasteiger partial charge in [0.15, 0.2) is 5.96 Å². The van der Waals surface area contributed by atoms with Crippen LogP contribution in [0.5, 0.6) is 0 Å². The van der Waals surface area contributed by atoms with E-state index in [2.05, 4.69) is 50.1 Å². The maximum absolute atomic E-state index is 4.28. The van der Waals surface area contributed by atoms with Gasteiger partial charge in [-0.2, -0.15) is 10.2 Å². The molecule has 0 saturated heterocycles. The van der Waals surface area contributed by atoms with Crippen LogP contribution in [0.2, 0.25) is 0 Å². The van der Waals surface area contributed by atoms with Crippen LogP contribution in [-0.4, -0.2) is 39.1 Å². The van der Waals surface area contributed by atoms with Crippen LogP contribution in [0.15, 0.2) is 66.2 Å². The Kier molecular flexibility index (Phi) is 8.82. The molecule has 0 bridgehead atoms. The van der Waals surface area contributed by atoms with Crippen LogP contribution < -0.4 is 10.6 Å². The van der Waals surface area contributed by atoms with Gasteiger partial charge in [0.1, 0.15) is 0 Å². The molecule has 1 aromatic carbocycles. The zero-order chi connectivity index (χ0) is 18.0. The van der Waals surface area contributed by atoms with Crippen LogP contribution in [0, 0.1) is 0 Å². The standard InChI is InChI=1S/C19H25N7.HI/c1-20-19(21-8-3-11-25-12-4-9-23-25)22-15-17-6-2-7-18(14-17)16-26-13-5-10-24-26;/h2,4-7,9-10,12-14H,3,8,11,15-16H2,1H3,(H2,20,21,22);1H. The summed E-state index contributed by atoms with van der Waals surface area (Å²) in [6.45, 7) is 3.25. The Morgan fingerprint density at radius 3 is 2.44 bits per heavy atom. The van der Waals surface area contributed by atoms with E-state index in [-0.39, 0.29) is 24.0 Å². The van der Waals surface area contributed by atoms with Crippen LogP contribution in [0.25, 0.3) is 0 Å². The number of nitrogens with zero attached hydrogens (tertiary/aromatic N) is 5. The maximum atomic E-state index is 4.28. The van der Waals surface area contributed by atoms with E-state index in [1.807, 2.05) is 33.9 Å². The van der Waals surface area contributed by atoms with Crippen LogP contribution in [0.1, 0.15) is 17.5 Å². The quantitative estimate of drug-likeness (QED) is 0.226. The number of hydrogen-bond acceptors (Lipinski definition) is 3. The lowest BCUT2D eigenvalue weighted by atomic mass is 10.1. The number of nitrogens with one attached hydrogen (secondary N) is 2. The third-order valence-electron chi connectivity index (χ3n) is 3.99. The van der Waals surface area contributed by atoms with E-state index >= 15 is 0 Å². The summed E-state index contributed by atoms with van der Waals surface area (Å²) in [6, 6.07) is 12.4. The Labute approximate surface area is 176 Å². The summed E-state index contributed by atoms with van der Waals surface area (Å²) in [6.07, 6.45) is 8.53. The first-order valence-corrected chi connectivity index (χ1v) is 8.80. The minimum atomic E-state index is 0. The van der Waals surface area contributed by atoms with E-state index in [0.29, 0.717) is 0 Å². The fraction of sp³-hybridized carbons (Fsp3) is 0.316. The number of guanidine groups is 1. The molecule has 0 unspecified atom stereocenters. The van der Waals surface area contributed by atoms with Gasteiger partial charge in [0.2, 0.25) is 0 Å². The molecule has 27 heavy (non-hydrogen) atoms. The van der Waals surface area contributed by atoms with E-state index in [9.17, 15) is 0 Å². The van der Waals surface area contributed by atoms with Crippen molar-refractivity contribution >= 4 is 29.9 Å². The first kappa shape index (κ1) is 20.9. The predicted octanol–water partition coefficient (Wildman–Crippen LogP) is 2.50. The lowest BCUT2D eigenvalue weighted by molar-refractivity contribution is 0.570. The molecule has 0 saturated carbocycles. The highest BCUT2D eigenvalue weighted by Gasteiger charge is 2.01. The van der Waals surface area contributed by atoms with Crippen LogP contribution in [0.4, 0.5) is 0 Å². The molecular weight excluding hydrogens is 453 g/mol. The predicted molar refractivity (Wildman–Crippen MR) is 118 cm³/mol. The minimum absolute atomic E-state index is 0. The molecule has 2 aromatic heterocycles. The van der Waals surface area contributed by atoms with Crippen molar-refractivity contribution in [3.63, 3.8) is 0 Å². The van der Waals surface area contributed by atoms with Crippen molar-refractivity contribution in [2.24, 2.45) is 4.99 Å². The largest absolute Gasteiger partial charge is 0.356 e. The van der Waals surface area contributed by atoms with Gasteiger partial charge >= 0.3 is 0 Å². The molecule has 0 atom stereocenters. The van der Waals surface area contributed by atoms with Crippen molar-refractivity contribution in [1.29, 1.82) is 0 Å². The van der Waals surface area contributed by atoms with Crippen LogP contribution in [-0.2, 0) is 19.6 Å². The molecule has 2 heterocycles. The van der Waals surface area contributed by atoms with E-state index < -0.39 is 0 Å². The van der Waals surface area contributed by atoms with Gasteiger partial charge in [-0.25, -0.2) is 0 Å². The first-order chi connectivity index (χ1) is 12.8. The zero-order valence-electron chi connectivity index (χ0n) is 15.5. The molecule has 2 N–H and O–H groups in total. The first-order valence-electron chi connectivity index (χ1n) is 8.80. The summed E-state index contributed by atoms with van der Waals surface area (Å²) in [5.41, 5.74) is 2.45. The highest BCUT2D eigenvalue weighted by Crippen LogP contribution is 2.07. The molecule has 3 aromatic rings. The van der Waals surface area contributed by atoms with Crippen molar-refractivity contribution < 1.29 is 0 Å². The van der Waals surface area contributed by atoms with Gasteiger partial charge in [0.05, 0.1) is 6.54 Å². The maximum Gasteiger partial charge on any atom is 0.191 e. The third-order valence-corrected chi connectivity index (χ3v) is 3.99. The molecule has 0 fully saturated rings. The van der Waals surface area contributed by atoms with Crippen LogP contribution in [0.3, 0.4) is 0 Å². The van der Waals surface area contributed by atoms with Crippen LogP contribution >= 0.6 is 24.0 Å². The molecule has 0 spiro atoms. The van der Waals surface area contributed by atoms with Crippen molar-refractivity contribution in [2.75, 3.05) is 13.6 Å². The number of aryl methyl sites for hydroxylation is 1. The van der Waals surface area contributed by atoms with E-state index in [0.717, 1.165) is 38.6 Å². The van der Waals surface area contributed by atoms with Crippen molar-refractivity contribution in [3.05, 3.63) is 72.3 Å². The van der Waals surface area contributed by atoms with Gasteiger partial charge in [-0.15, -0.1) is 24.0 Å². The van der Waals surface area contributed by atoms with Crippen molar-refractivity contribution in [2.45, 2.75) is 26.1 Å². The van der Waals surface area contributed by atoms with E-state index in [1.165, 1.54) is 11.1 Å². The van der Waals surface area contributed by atoms with Crippen molar-refractivity contribution in [1.82, 2.24) is 30.2 Å². The molecule has 144 valence electrons. The zero-order valence-corrected chi connectivity index (χ0v) is 17.8. The van der Waals surface area contributed by atoms with Gasteiger partial charge in [-0.3, -0.25) is 14.4 Å². The second kappa shape index (κ2) is 11.4. The summed E-state index contributed by atoms with van der Waals surface area (Å²) in [5.74, 6) is 0.808. The molecule has 0 amide bonds. The summed E-state index contributed by atoms with van der Waals surface area (Å²) in [7, 11) is 1.79. The van der Waals surface area contributed by atoms with E-state index in [1.54, 1.807) is 19.4 Å². The molecule has 0 aliphatic heterocycles. The molecule has 0 aliphatic carbocycles. The Bertz CT molecular complexity index is 797. The Hall–Kier alpha value is -2.36. The lowest BCUT2D eigenvalue weighted by Gasteiger charge is -2.12. The number of halogens is 1. The summed E-state index contributed by atoms with van der Waals surface area (Å²) < 4.78 is 3.86. The highest BCUT2D eigenvalue weighted by molar-refractivity contribution is 14.0. The van der Waals surface area contributed by atoms with Gasteiger partial charge in [-0.1, -0.05) is 24.3 Å². The highest BCUT2D eigenvalue weighted by atomic mass is 127. The molecule has 0 radical (unpaired) electrons. The number of rotatable bonds is 8. The second-order valence-corrected chi connectivity index (χ2v) is 6.00. The van der Waals surface area contributed by atoms with E-state index in [4.69, 9.17) is 0 Å². The summed E-state index contributed by atoms with van der Waals surface area (Å²) >= 11 is 0. The van der Waals surface area contributed by atoms with Gasteiger partial charge in [0.25, 0.3) is 0 Å². The van der Waals surface area contributed by atoms with Crippen molar-refractivity contribution in [3.8, 4) is 0 Å².